The smallest absolute Gasteiger partial charge is 0.404 e. The molecule has 0 heterocycles. The Labute approximate surface area is 206 Å². The maximum Gasteiger partial charge on any atom is 0.524 e. The summed E-state index contributed by atoms with van der Waals surface area (Å²) in [5.74, 6) is -6.27. The predicted octanol–water partition coefficient (Wildman–Crippen LogP) is -1.78. The van der Waals surface area contributed by atoms with Gasteiger partial charge in [0, 0.05) is 13.0 Å². The highest BCUT2D eigenvalue weighted by Crippen LogP contribution is 2.54. The summed E-state index contributed by atoms with van der Waals surface area (Å²) in [6.07, 6.45) is -0.509. The normalized spacial score (nSPS) is 20.6. The number of phosphoric acid groups is 1. The summed E-state index contributed by atoms with van der Waals surface area (Å²) in [5, 5.41) is 7.41. The van der Waals surface area contributed by atoms with Crippen LogP contribution >= 0.6 is 7.82 Å². The van der Waals surface area contributed by atoms with Crippen LogP contribution in [0.25, 0.3) is 0 Å². The number of rotatable bonds is 12. The van der Waals surface area contributed by atoms with Gasteiger partial charge in [-0.2, -0.15) is 0 Å². The van der Waals surface area contributed by atoms with E-state index in [0.29, 0.717) is 5.56 Å². The molecule has 1 aliphatic rings. The quantitative estimate of drug-likeness (QED) is 0.152. The fraction of sp³-hybridized carbons (Fsp3) is 0.476. The molecule has 14 nitrogen and oxygen atoms in total. The van der Waals surface area contributed by atoms with Crippen molar-refractivity contribution in [2.24, 2.45) is 29.2 Å². The van der Waals surface area contributed by atoms with E-state index in [-0.39, 0.29) is 5.75 Å². The highest BCUT2D eigenvalue weighted by atomic mass is 31.2. The largest absolute Gasteiger partial charge is 0.524 e. The zero-order valence-electron chi connectivity index (χ0n) is 19.8. The summed E-state index contributed by atoms with van der Waals surface area (Å²) in [6, 6.07) is 3.09. The summed E-state index contributed by atoms with van der Waals surface area (Å²) in [5.41, 5.74) is 10.8. The lowest BCUT2D eigenvalue weighted by atomic mass is 10.0. The van der Waals surface area contributed by atoms with Gasteiger partial charge in [0.1, 0.15) is 17.8 Å². The number of nitrogens with one attached hydrogen (secondary N) is 3. The van der Waals surface area contributed by atoms with Crippen molar-refractivity contribution in [3.63, 3.8) is 0 Å². The highest BCUT2D eigenvalue weighted by molar-refractivity contribution is 7.46. The summed E-state index contributed by atoms with van der Waals surface area (Å²) in [4.78, 5) is 78.9. The number of carbonyl (C=O) groups excluding carboxylic acids is 5. The van der Waals surface area contributed by atoms with E-state index in [1.807, 2.05) is 0 Å². The molecule has 5 amide bonds. The minimum atomic E-state index is -4.75. The van der Waals surface area contributed by atoms with Gasteiger partial charge in [-0.15, -0.1) is 0 Å². The number of nitrogens with two attached hydrogens (primary N) is 2. The van der Waals surface area contributed by atoms with Crippen molar-refractivity contribution in [3.05, 3.63) is 29.8 Å². The first-order valence-electron chi connectivity index (χ1n) is 10.9. The van der Waals surface area contributed by atoms with Crippen LogP contribution in [0.3, 0.4) is 0 Å². The van der Waals surface area contributed by atoms with E-state index in [1.165, 1.54) is 31.3 Å². The van der Waals surface area contributed by atoms with Crippen molar-refractivity contribution in [2.75, 3.05) is 7.05 Å². The Hall–Kier alpha value is -3.48. The van der Waals surface area contributed by atoms with E-state index in [0.717, 1.165) is 0 Å². The molecule has 1 saturated carbocycles. The van der Waals surface area contributed by atoms with Gasteiger partial charge in [-0.1, -0.05) is 26.0 Å². The van der Waals surface area contributed by atoms with E-state index in [2.05, 4.69) is 20.5 Å². The third kappa shape index (κ3) is 7.51. The van der Waals surface area contributed by atoms with Gasteiger partial charge in [0.25, 0.3) is 0 Å². The van der Waals surface area contributed by atoms with Gasteiger partial charge >= 0.3 is 7.82 Å². The molecule has 1 aromatic rings. The summed E-state index contributed by atoms with van der Waals surface area (Å²) >= 11 is 0. The molecular weight excluding hydrogens is 497 g/mol. The highest BCUT2D eigenvalue weighted by Gasteiger charge is 2.59. The van der Waals surface area contributed by atoms with E-state index < -0.39 is 79.5 Å². The van der Waals surface area contributed by atoms with E-state index in [9.17, 15) is 28.5 Å². The number of carbonyl (C=O) groups is 5. The van der Waals surface area contributed by atoms with Crippen LogP contribution in [0.5, 0.6) is 5.75 Å². The molecule has 1 unspecified atom stereocenters. The second-order valence-electron chi connectivity index (χ2n) is 8.71. The van der Waals surface area contributed by atoms with Crippen molar-refractivity contribution in [1.29, 1.82) is 0 Å². The first kappa shape index (κ1) is 28.8. The summed E-state index contributed by atoms with van der Waals surface area (Å²) < 4.78 is 15.5. The van der Waals surface area contributed by atoms with Crippen LogP contribution < -0.4 is 31.9 Å². The van der Waals surface area contributed by atoms with Crippen LogP contribution in [0.2, 0.25) is 0 Å². The van der Waals surface area contributed by atoms with Gasteiger partial charge in [-0.05, 0) is 23.6 Å². The zero-order valence-corrected chi connectivity index (χ0v) is 20.7. The van der Waals surface area contributed by atoms with Gasteiger partial charge in [0.2, 0.25) is 29.5 Å². The average molecular weight is 527 g/mol. The number of phosphoric ester groups is 1. The molecule has 0 bridgehead atoms. The number of benzene rings is 1. The molecule has 0 aliphatic heterocycles. The Morgan fingerprint density at radius 2 is 1.56 bits per heavy atom. The fourth-order valence-corrected chi connectivity index (χ4v) is 4.30. The fourth-order valence-electron chi connectivity index (χ4n) is 3.90. The minimum absolute atomic E-state index is 0.0956. The first-order chi connectivity index (χ1) is 16.7. The Balaban J connectivity index is 2.20. The molecule has 198 valence electrons. The molecule has 0 radical (unpaired) electrons. The lowest BCUT2D eigenvalue weighted by Gasteiger charge is -2.24. The Kier molecular flexibility index (Phi) is 9.19. The van der Waals surface area contributed by atoms with Gasteiger partial charge in [0.15, 0.2) is 0 Å². The summed E-state index contributed by atoms with van der Waals surface area (Å²) in [7, 11) is -3.34. The van der Waals surface area contributed by atoms with Gasteiger partial charge in [0.05, 0.1) is 18.3 Å². The second-order valence-corrected chi connectivity index (χ2v) is 9.87. The van der Waals surface area contributed by atoms with Gasteiger partial charge in [-0.3, -0.25) is 33.8 Å². The first-order valence-corrected chi connectivity index (χ1v) is 12.4. The molecule has 2 rings (SSSR count). The van der Waals surface area contributed by atoms with Gasteiger partial charge in [-0.25, -0.2) is 4.57 Å². The molecular formula is C21H30N5O9P. The Morgan fingerprint density at radius 3 is 2.00 bits per heavy atom. The van der Waals surface area contributed by atoms with Crippen molar-refractivity contribution in [2.45, 2.75) is 38.3 Å². The molecule has 36 heavy (non-hydrogen) atoms. The van der Waals surface area contributed by atoms with Crippen LogP contribution in [-0.2, 0) is 28.5 Å². The molecule has 1 fully saturated rings. The Morgan fingerprint density at radius 1 is 1.00 bits per heavy atom. The van der Waals surface area contributed by atoms with E-state index in [1.54, 1.807) is 13.8 Å². The average Bonchev–Trinajstić information content (AvgIpc) is 3.50. The van der Waals surface area contributed by atoms with E-state index >= 15 is 0 Å². The van der Waals surface area contributed by atoms with Crippen molar-refractivity contribution in [3.8, 4) is 5.75 Å². The Bertz CT molecular complexity index is 1070. The van der Waals surface area contributed by atoms with Crippen molar-refractivity contribution in [1.82, 2.24) is 16.0 Å². The number of amides is 5. The molecule has 1 aliphatic carbocycles. The summed E-state index contributed by atoms with van der Waals surface area (Å²) in [6.45, 7) is 3.30. The molecule has 1 aromatic carbocycles. The van der Waals surface area contributed by atoms with Crippen molar-refractivity contribution >= 4 is 37.4 Å². The predicted molar refractivity (Wildman–Crippen MR) is 125 cm³/mol. The third-order valence-corrected chi connectivity index (χ3v) is 6.12. The van der Waals surface area contributed by atoms with Crippen molar-refractivity contribution < 1.29 is 42.8 Å². The van der Waals surface area contributed by atoms with Crippen LogP contribution in [0.1, 0.15) is 31.7 Å². The van der Waals surface area contributed by atoms with Crippen LogP contribution in [-0.4, -0.2) is 58.5 Å². The third-order valence-electron chi connectivity index (χ3n) is 5.67. The SMILES string of the molecule is CNC(=O)[C@@H]1C(c2ccc(OP(=O)(O)O)cc2)[C@H]1C(=O)N[C@H](C(=O)N[C@@H](CC(N)=O)C(N)=O)C(C)C. The molecule has 5 atom stereocenters. The lowest BCUT2D eigenvalue weighted by molar-refractivity contribution is -0.134. The maximum atomic E-state index is 13.1. The number of hydrogen-bond acceptors (Lipinski definition) is 7. The standard InChI is InChI=1S/C21H30N5O9P/c1-9(2)17(21(31)25-12(18(23)28)8-13(22)27)26-20(30)16-14(15(16)19(29)24-3)10-4-6-11(7-5-10)35-36(32,33)34/h4-7,9,12,14-17H,8H2,1-3H3,(H2,22,27)(H2,23,28)(H,24,29)(H,25,31)(H,26,30)(H2,32,33,34)/t12-,14?,15+,16+,17-/m0/s1. The van der Waals surface area contributed by atoms with Crippen LogP contribution in [0, 0.1) is 17.8 Å². The monoisotopic (exact) mass is 527 g/mol. The number of primary amides is 2. The van der Waals surface area contributed by atoms with Gasteiger partial charge < -0.3 is 31.9 Å². The van der Waals surface area contributed by atoms with Crippen LogP contribution in [0.4, 0.5) is 0 Å². The van der Waals surface area contributed by atoms with Crippen LogP contribution in [0.15, 0.2) is 24.3 Å². The zero-order chi connectivity index (χ0) is 27.4. The number of hydrogen-bond donors (Lipinski definition) is 7. The maximum absolute atomic E-state index is 13.1. The molecule has 0 saturated heterocycles. The molecule has 9 N–H and O–H groups in total. The lowest BCUT2D eigenvalue weighted by Crippen LogP contribution is -2.55. The second kappa shape index (κ2) is 11.5. The minimum Gasteiger partial charge on any atom is -0.404 e. The molecule has 0 spiro atoms. The van der Waals surface area contributed by atoms with E-state index in [4.69, 9.17) is 21.3 Å². The molecule has 15 heteroatoms. The molecule has 0 aromatic heterocycles. The topological polar surface area (TPSA) is 240 Å².